The molecule has 0 unspecified atom stereocenters. The topological polar surface area (TPSA) is 85.9 Å². The molecular formula is C19H17N5OS. The van der Waals surface area contributed by atoms with Gasteiger partial charge in [0.2, 0.25) is 0 Å². The van der Waals surface area contributed by atoms with E-state index in [1.807, 2.05) is 50.2 Å². The van der Waals surface area contributed by atoms with Gasteiger partial charge in [0.15, 0.2) is 5.69 Å². The second kappa shape index (κ2) is 6.61. The first-order valence-electron chi connectivity index (χ1n) is 8.15. The Morgan fingerprint density at radius 1 is 1.23 bits per heavy atom. The van der Waals surface area contributed by atoms with Gasteiger partial charge in [-0.3, -0.25) is 9.89 Å². The van der Waals surface area contributed by atoms with E-state index in [1.54, 1.807) is 23.6 Å². The van der Waals surface area contributed by atoms with Gasteiger partial charge in [0.25, 0.3) is 5.91 Å². The molecule has 0 bridgehead atoms. The maximum atomic E-state index is 12.3. The molecule has 4 rings (SSSR count). The number of para-hydroxylation sites is 1. The van der Waals surface area contributed by atoms with E-state index in [1.165, 1.54) is 4.88 Å². The fraction of sp³-hybridized carbons (Fsp3) is 0.105. The summed E-state index contributed by atoms with van der Waals surface area (Å²) in [6.45, 7) is 4.02. The standard InChI is InChI=1S/C19H17N5OS/c1-11-7-8-18(26-11)16-9-17(23-22-16)19(25)24-20-10-14-12(2)21-15-6-4-3-5-13(14)15/h3-10,21H,1-2H3,(H,22,23)(H,24,25). The van der Waals surface area contributed by atoms with Gasteiger partial charge >= 0.3 is 0 Å². The number of H-pyrrole nitrogens is 2. The predicted octanol–water partition coefficient (Wildman–Crippen LogP) is 4.00. The van der Waals surface area contributed by atoms with Crippen LogP contribution in [0.15, 0.2) is 47.6 Å². The van der Waals surface area contributed by atoms with Crippen LogP contribution in [0.1, 0.15) is 26.6 Å². The van der Waals surface area contributed by atoms with Crippen LogP contribution in [-0.2, 0) is 0 Å². The Balaban J connectivity index is 1.49. The number of rotatable bonds is 4. The van der Waals surface area contributed by atoms with Gasteiger partial charge in [0, 0.05) is 27.0 Å². The Hall–Kier alpha value is -3.19. The summed E-state index contributed by atoms with van der Waals surface area (Å²) in [6.07, 6.45) is 1.66. The zero-order valence-electron chi connectivity index (χ0n) is 14.3. The molecule has 26 heavy (non-hydrogen) atoms. The molecule has 4 aromatic rings. The minimum absolute atomic E-state index is 0.304. The van der Waals surface area contributed by atoms with Crippen molar-refractivity contribution in [1.29, 1.82) is 0 Å². The van der Waals surface area contributed by atoms with Gasteiger partial charge in [-0.15, -0.1) is 11.3 Å². The number of thiophene rings is 1. The van der Waals surface area contributed by atoms with E-state index in [0.29, 0.717) is 5.69 Å². The Labute approximate surface area is 154 Å². The average molecular weight is 363 g/mol. The van der Waals surface area contributed by atoms with Gasteiger partial charge in [-0.1, -0.05) is 18.2 Å². The van der Waals surface area contributed by atoms with Gasteiger partial charge < -0.3 is 4.98 Å². The molecule has 0 aliphatic carbocycles. The first kappa shape index (κ1) is 16.3. The lowest BCUT2D eigenvalue weighted by Crippen LogP contribution is -2.18. The summed E-state index contributed by atoms with van der Waals surface area (Å²) in [7, 11) is 0. The molecule has 0 saturated carbocycles. The molecule has 3 heterocycles. The Morgan fingerprint density at radius 3 is 2.88 bits per heavy atom. The van der Waals surface area contributed by atoms with Crippen LogP contribution in [0.25, 0.3) is 21.5 Å². The second-order valence-electron chi connectivity index (χ2n) is 5.99. The Morgan fingerprint density at radius 2 is 2.08 bits per heavy atom. The van der Waals surface area contributed by atoms with Crippen LogP contribution in [0.3, 0.4) is 0 Å². The van der Waals surface area contributed by atoms with E-state index in [0.717, 1.165) is 32.7 Å². The van der Waals surface area contributed by atoms with E-state index >= 15 is 0 Å². The highest BCUT2D eigenvalue weighted by Crippen LogP contribution is 2.26. The zero-order valence-corrected chi connectivity index (χ0v) is 15.1. The third-order valence-corrected chi connectivity index (χ3v) is 5.15. The third kappa shape index (κ3) is 3.04. The summed E-state index contributed by atoms with van der Waals surface area (Å²) in [5.74, 6) is -0.352. The zero-order chi connectivity index (χ0) is 18.1. The number of benzene rings is 1. The number of hydrazone groups is 1. The number of nitrogens with one attached hydrogen (secondary N) is 3. The molecule has 6 nitrogen and oxygen atoms in total. The lowest BCUT2D eigenvalue weighted by molar-refractivity contribution is 0.0950. The highest BCUT2D eigenvalue weighted by Gasteiger charge is 2.12. The molecule has 0 aliphatic rings. The molecule has 7 heteroatoms. The first-order valence-corrected chi connectivity index (χ1v) is 8.96. The number of nitrogens with zero attached hydrogens (tertiary/aromatic N) is 2. The van der Waals surface area contributed by atoms with Gasteiger partial charge in [-0.05, 0) is 38.1 Å². The monoisotopic (exact) mass is 363 g/mol. The Bertz CT molecular complexity index is 1120. The van der Waals surface area contributed by atoms with Crippen molar-refractivity contribution in [2.75, 3.05) is 0 Å². The van der Waals surface area contributed by atoms with Crippen molar-refractivity contribution in [3.63, 3.8) is 0 Å². The van der Waals surface area contributed by atoms with Crippen molar-refractivity contribution in [3.05, 3.63) is 64.3 Å². The molecule has 3 N–H and O–H groups in total. The van der Waals surface area contributed by atoms with Crippen LogP contribution in [0, 0.1) is 13.8 Å². The van der Waals surface area contributed by atoms with Crippen molar-refractivity contribution in [2.45, 2.75) is 13.8 Å². The predicted molar refractivity (Wildman–Crippen MR) is 105 cm³/mol. The molecule has 0 saturated heterocycles. The normalized spacial score (nSPS) is 11.5. The number of aromatic amines is 2. The van der Waals surface area contributed by atoms with Gasteiger partial charge in [-0.25, -0.2) is 5.43 Å². The number of fused-ring (bicyclic) bond motifs is 1. The molecule has 1 aromatic carbocycles. The summed E-state index contributed by atoms with van der Waals surface area (Å²) >= 11 is 1.65. The number of aryl methyl sites for hydroxylation is 2. The number of hydrogen-bond donors (Lipinski definition) is 3. The number of amides is 1. The summed E-state index contributed by atoms with van der Waals surface area (Å²) in [6, 6.07) is 13.8. The maximum Gasteiger partial charge on any atom is 0.291 e. The van der Waals surface area contributed by atoms with Crippen LogP contribution in [-0.4, -0.2) is 27.3 Å². The largest absolute Gasteiger partial charge is 0.358 e. The molecule has 0 fully saturated rings. The first-order chi connectivity index (χ1) is 12.6. The van der Waals surface area contributed by atoms with Crippen LogP contribution in [0.5, 0.6) is 0 Å². The molecular weight excluding hydrogens is 346 g/mol. The second-order valence-corrected chi connectivity index (χ2v) is 7.27. The summed E-state index contributed by atoms with van der Waals surface area (Å²) in [5, 5.41) is 12.1. The van der Waals surface area contributed by atoms with Crippen molar-refractivity contribution in [2.24, 2.45) is 5.10 Å². The average Bonchev–Trinajstić information content (AvgIpc) is 3.34. The minimum Gasteiger partial charge on any atom is -0.358 e. The molecule has 130 valence electrons. The quantitative estimate of drug-likeness (QED) is 0.378. The number of carbonyl (C=O) groups excluding carboxylic acids is 1. The lowest BCUT2D eigenvalue weighted by Gasteiger charge is -1.96. The smallest absolute Gasteiger partial charge is 0.291 e. The molecule has 0 radical (unpaired) electrons. The molecule has 0 atom stereocenters. The van der Waals surface area contributed by atoms with Crippen molar-refractivity contribution < 1.29 is 4.79 Å². The van der Waals surface area contributed by atoms with Crippen molar-refractivity contribution >= 4 is 34.4 Å². The van der Waals surface area contributed by atoms with Crippen LogP contribution < -0.4 is 5.43 Å². The summed E-state index contributed by atoms with van der Waals surface area (Å²) in [4.78, 5) is 17.8. The molecule has 1 amide bonds. The van der Waals surface area contributed by atoms with Crippen molar-refractivity contribution in [3.8, 4) is 10.6 Å². The maximum absolute atomic E-state index is 12.3. The van der Waals surface area contributed by atoms with E-state index < -0.39 is 0 Å². The highest BCUT2D eigenvalue weighted by molar-refractivity contribution is 7.15. The summed E-state index contributed by atoms with van der Waals surface area (Å²) < 4.78 is 0. The number of carbonyl (C=O) groups is 1. The number of aromatic nitrogens is 3. The van der Waals surface area contributed by atoms with Gasteiger partial charge in [-0.2, -0.15) is 10.2 Å². The fourth-order valence-electron chi connectivity index (χ4n) is 2.82. The number of hydrogen-bond acceptors (Lipinski definition) is 4. The Kier molecular flexibility index (Phi) is 4.14. The SMILES string of the molecule is Cc1ccc(-c2cc(C(=O)NN=Cc3c(C)[nH]c4ccccc34)n[nH]2)s1. The van der Waals surface area contributed by atoms with Crippen LogP contribution in [0.4, 0.5) is 0 Å². The molecule has 3 aromatic heterocycles. The lowest BCUT2D eigenvalue weighted by atomic mass is 10.1. The molecule has 0 spiro atoms. The summed E-state index contributed by atoms with van der Waals surface area (Å²) in [5.41, 5.74) is 6.66. The van der Waals surface area contributed by atoms with Crippen molar-refractivity contribution in [1.82, 2.24) is 20.6 Å². The van der Waals surface area contributed by atoms with Gasteiger partial charge in [0.1, 0.15) is 0 Å². The fourth-order valence-corrected chi connectivity index (χ4v) is 3.65. The van der Waals surface area contributed by atoms with E-state index in [9.17, 15) is 4.79 Å². The van der Waals surface area contributed by atoms with Gasteiger partial charge in [0.05, 0.1) is 16.8 Å². The van der Waals surface area contributed by atoms with E-state index in [2.05, 4.69) is 25.7 Å². The van der Waals surface area contributed by atoms with Crippen LogP contribution >= 0.6 is 11.3 Å². The van der Waals surface area contributed by atoms with E-state index in [-0.39, 0.29) is 5.91 Å². The highest BCUT2D eigenvalue weighted by atomic mass is 32.1. The van der Waals surface area contributed by atoms with E-state index in [4.69, 9.17) is 0 Å². The third-order valence-electron chi connectivity index (χ3n) is 4.12. The molecule has 0 aliphatic heterocycles. The minimum atomic E-state index is -0.352. The van der Waals surface area contributed by atoms with Crippen LogP contribution in [0.2, 0.25) is 0 Å².